The Hall–Kier alpha value is -1.06. The van der Waals surface area contributed by atoms with E-state index in [4.69, 9.17) is 5.73 Å². The summed E-state index contributed by atoms with van der Waals surface area (Å²) in [4.78, 5) is 2.25. The molecule has 1 fully saturated rings. The molecule has 1 unspecified atom stereocenters. The first-order valence-electron chi connectivity index (χ1n) is 5.52. The van der Waals surface area contributed by atoms with Gasteiger partial charge in [-0.25, -0.2) is 0 Å². The summed E-state index contributed by atoms with van der Waals surface area (Å²) in [7, 11) is 0. The zero-order valence-corrected chi connectivity index (χ0v) is 8.89. The molecule has 0 aromatic heterocycles. The second-order valence-electron chi connectivity index (χ2n) is 4.06. The quantitative estimate of drug-likeness (QED) is 0.767. The van der Waals surface area contributed by atoms with Crippen LogP contribution < -0.4 is 10.6 Å². The summed E-state index contributed by atoms with van der Waals surface area (Å²) in [5.74, 6) is 0. The van der Waals surface area contributed by atoms with Crippen LogP contribution in [0.25, 0.3) is 0 Å². The van der Waals surface area contributed by atoms with Crippen molar-refractivity contribution in [2.24, 2.45) is 5.73 Å². The zero-order chi connectivity index (χ0) is 10.7. The van der Waals surface area contributed by atoms with Gasteiger partial charge in [-0.05, 0) is 31.0 Å². The van der Waals surface area contributed by atoms with Gasteiger partial charge < -0.3 is 15.7 Å². The van der Waals surface area contributed by atoms with Crippen LogP contribution in [0.4, 0.5) is 5.69 Å². The number of benzene rings is 1. The number of anilines is 1. The van der Waals surface area contributed by atoms with E-state index in [-0.39, 0.29) is 6.10 Å². The largest absolute Gasteiger partial charge is 0.391 e. The lowest BCUT2D eigenvalue weighted by Gasteiger charge is -2.21. The Morgan fingerprint density at radius 3 is 2.87 bits per heavy atom. The first-order chi connectivity index (χ1) is 7.31. The molecule has 1 atom stereocenters. The van der Waals surface area contributed by atoms with Crippen molar-refractivity contribution < 1.29 is 5.11 Å². The highest BCUT2D eigenvalue weighted by Crippen LogP contribution is 2.24. The maximum Gasteiger partial charge on any atom is 0.0731 e. The van der Waals surface area contributed by atoms with Gasteiger partial charge in [0, 0.05) is 18.8 Å². The number of rotatable bonds is 3. The molecule has 1 aliphatic rings. The molecule has 0 saturated carbocycles. The fraction of sp³-hybridized carbons (Fsp3) is 0.500. The molecule has 3 nitrogen and oxygen atoms in total. The summed E-state index contributed by atoms with van der Waals surface area (Å²) < 4.78 is 0. The van der Waals surface area contributed by atoms with E-state index >= 15 is 0 Å². The minimum atomic E-state index is -0.170. The van der Waals surface area contributed by atoms with Gasteiger partial charge in [0.2, 0.25) is 0 Å². The second-order valence-corrected chi connectivity index (χ2v) is 4.06. The van der Waals surface area contributed by atoms with E-state index in [0.29, 0.717) is 6.54 Å². The minimum Gasteiger partial charge on any atom is -0.391 e. The molecule has 0 bridgehead atoms. The third-order valence-corrected chi connectivity index (χ3v) is 2.91. The molecule has 15 heavy (non-hydrogen) atoms. The Morgan fingerprint density at radius 2 is 2.20 bits per heavy atom. The number of β-amino-alcohol motifs (C(OH)–C–C–N with tert-alkyl or cyclic N) is 1. The van der Waals surface area contributed by atoms with Crippen molar-refractivity contribution >= 4 is 5.69 Å². The van der Waals surface area contributed by atoms with E-state index in [0.717, 1.165) is 25.9 Å². The van der Waals surface area contributed by atoms with Gasteiger partial charge in [0.1, 0.15) is 0 Å². The van der Waals surface area contributed by atoms with Crippen LogP contribution in [0.15, 0.2) is 24.3 Å². The lowest BCUT2D eigenvalue weighted by Crippen LogP contribution is -2.22. The smallest absolute Gasteiger partial charge is 0.0731 e. The number of para-hydroxylation sites is 1. The number of aliphatic hydroxyl groups excluding tert-OH is 1. The lowest BCUT2D eigenvalue weighted by atomic mass is 10.1. The molecule has 2 rings (SSSR count). The molecule has 1 aromatic carbocycles. The van der Waals surface area contributed by atoms with Gasteiger partial charge in [-0.3, -0.25) is 0 Å². The summed E-state index contributed by atoms with van der Waals surface area (Å²) in [5.41, 5.74) is 8.11. The van der Waals surface area contributed by atoms with Crippen molar-refractivity contribution in [3.63, 3.8) is 0 Å². The maximum absolute atomic E-state index is 9.52. The van der Waals surface area contributed by atoms with Crippen molar-refractivity contribution in [2.45, 2.75) is 18.9 Å². The van der Waals surface area contributed by atoms with Crippen LogP contribution in [-0.2, 0) is 6.42 Å². The van der Waals surface area contributed by atoms with E-state index in [1.165, 1.54) is 11.3 Å². The van der Waals surface area contributed by atoms with Gasteiger partial charge >= 0.3 is 0 Å². The molecule has 0 amide bonds. The molecule has 0 aliphatic carbocycles. The summed E-state index contributed by atoms with van der Waals surface area (Å²) in [6, 6.07) is 8.32. The fourth-order valence-corrected chi connectivity index (χ4v) is 2.15. The standard InChI is InChI=1S/C12H18N2O/c13-7-5-10-3-1-2-4-12(10)14-8-6-11(15)9-14/h1-4,11,15H,5-9,13H2. The minimum absolute atomic E-state index is 0.170. The van der Waals surface area contributed by atoms with Crippen LogP contribution >= 0.6 is 0 Å². The third kappa shape index (κ3) is 2.30. The lowest BCUT2D eigenvalue weighted by molar-refractivity contribution is 0.198. The SMILES string of the molecule is NCCc1ccccc1N1CCC(O)C1. The van der Waals surface area contributed by atoms with Crippen molar-refractivity contribution in [2.75, 3.05) is 24.5 Å². The molecule has 3 heteroatoms. The number of hydrogen-bond acceptors (Lipinski definition) is 3. The first-order valence-corrected chi connectivity index (χ1v) is 5.52. The average Bonchev–Trinajstić information content (AvgIpc) is 2.66. The van der Waals surface area contributed by atoms with Crippen molar-refractivity contribution in [1.82, 2.24) is 0 Å². The predicted octanol–water partition coefficient (Wildman–Crippen LogP) is 0.759. The number of hydrogen-bond donors (Lipinski definition) is 2. The Kier molecular flexibility index (Phi) is 3.23. The monoisotopic (exact) mass is 206 g/mol. The molecule has 82 valence electrons. The molecular weight excluding hydrogens is 188 g/mol. The highest BCUT2D eigenvalue weighted by molar-refractivity contribution is 5.54. The highest BCUT2D eigenvalue weighted by atomic mass is 16.3. The van der Waals surface area contributed by atoms with E-state index in [2.05, 4.69) is 17.0 Å². The van der Waals surface area contributed by atoms with Gasteiger partial charge in [-0.1, -0.05) is 18.2 Å². The van der Waals surface area contributed by atoms with Gasteiger partial charge in [-0.2, -0.15) is 0 Å². The average molecular weight is 206 g/mol. The van der Waals surface area contributed by atoms with Gasteiger partial charge in [-0.15, -0.1) is 0 Å². The Labute approximate surface area is 90.5 Å². The van der Waals surface area contributed by atoms with Gasteiger partial charge in [0.05, 0.1) is 6.10 Å². The molecule has 0 radical (unpaired) electrons. The first kappa shape index (κ1) is 10.5. The van der Waals surface area contributed by atoms with E-state index in [9.17, 15) is 5.11 Å². The Balaban J connectivity index is 2.19. The third-order valence-electron chi connectivity index (χ3n) is 2.91. The topological polar surface area (TPSA) is 49.5 Å². The fourth-order valence-electron chi connectivity index (χ4n) is 2.15. The van der Waals surface area contributed by atoms with Crippen LogP contribution in [0.3, 0.4) is 0 Å². The zero-order valence-electron chi connectivity index (χ0n) is 8.89. The van der Waals surface area contributed by atoms with Gasteiger partial charge in [0.15, 0.2) is 0 Å². The molecule has 3 N–H and O–H groups in total. The van der Waals surface area contributed by atoms with Crippen molar-refractivity contribution in [3.05, 3.63) is 29.8 Å². The van der Waals surface area contributed by atoms with Gasteiger partial charge in [0.25, 0.3) is 0 Å². The molecular formula is C12H18N2O. The second kappa shape index (κ2) is 4.64. The number of aliphatic hydroxyl groups is 1. The number of nitrogens with two attached hydrogens (primary N) is 1. The van der Waals surface area contributed by atoms with E-state index in [1.807, 2.05) is 12.1 Å². The van der Waals surface area contributed by atoms with Crippen LogP contribution in [0, 0.1) is 0 Å². The predicted molar refractivity (Wildman–Crippen MR) is 62.0 cm³/mol. The van der Waals surface area contributed by atoms with Crippen LogP contribution in [0.1, 0.15) is 12.0 Å². The van der Waals surface area contributed by atoms with Crippen LogP contribution in [0.2, 0.25) is 0 Å². The summed E-state index contributed by atoms with van der Waals surface area (Å²) in [6.07, 6.45) is 1.61. The maximum atomic E-state index is 9.52. The molecule has 1 aliphatic heterocycles. The molecule has 1 heterocycles. The highest BCUT2D eigenvalue weighted by Gasteiger charge is 2.21. The summed E-state index contributed by atoms with van der Waals surface area (Å²) in [5, 5.41) is 9.52. The molecule has 0 spiro atoms. The Bertz CT molecular complexity index is 327. The Morgan fingerprint density at radius 1 is 1.40 bits per heavy atom. The van der Waals surface area contributed by atoms with E-state index < -0.39 is 0 Å². The summed E-state index contributed by atoms with van der Waals surface area (Å²) in [6.45, 7) is 2.37. The van der Waals surface area contributed by atoms with Crippen molar-refractivity contribution in [1.29, 1.82) is 0 Å². The van der Waals surface area contributed by atoms with Crippen LogP contribution in [-0.4, -0.2) is 30.8 Å². The molecule has 1 aromatic rings. The van der Waals surface area contributed by atoms with Crippen molar-refractivity contribution in [3.8, 4) is 0 Å². The van der Waals surface area contributed by atoms with Crippen LogP contribution in [0.5, 0.6) is 0 Å². The molecule has 1 saturated heterocycles. The summed E-state index contributed by atoms with van der Waals surface area (Å²) >= 11 is 0. The van der Waals surface area contributed by atoms with E-state index in [1.54, 1.807) is 0 Å². The number of nitrogens with zero attached hydrogens (tertiary/aromatic N) is 1. The normalized spacial score (nSPS) is 20.9.